The maximum Gasteiger partial charge on any atom is 0.254 e. The van der Waals surface area contributed by atoms with Crippen LogP contribution >= 0.6 is 0 Å². The number of nitrogens with one attached hydrogen (secondary N) is 2. The molecule has 1 aliphatic heterocycles. The summed E-state index contributed by atoms with van der Waals surface area (Å²) in [4.78, 5) is 38.5. The van der Waals surface area contributed by atoms with Crippen molar-refractivity contribution in [3.8, 4) is 11.5 Å². The van der Waals surface area contributed by atoms with E-state index in [-0.39, 0.29) is 29.3 Å². The van der Waals surface area contributed by atoms with E-state index in [9.17, 15) is 14.4 Å². The Labute approximate surface area is 169 Å². The molecule has 152 valence electrons. The summed E-state index contributed by atoms with van der Waals surface area (Å²) < 4.78 is 5.90. The minimum absolute atomic E-state index is 0.139. The lowest BCUT2D eigenvalue weighted by Crippen LogP contribution is -2.44. The summed E-state index contributed by atoms with van der Waals surface area (Å²) in [5.41, 5.74) is 8.93. The van der Waals surface area contributed by atoms with Crippen molar-refractivity contribution in [3.63, 3.8) is 0 Å². The lowest BCUT2D eigenvalue weighted by Gasteiger charge is -2.16. The van der Waals surface area contributed by atoms with Gasteiger partial charge in [-0.15, -0.1) is 0 Å². The number of nitrogen functional groups attached to an aromatic ring is 1. The maximum atomic E-state index is 12.7. The van der Waals surface area contributed by atoms with Crippen molar-refractivity contribution >= 4 is 29.1 Å². The Hall–Kier alpha value is -3.55. The molecule has 0 saturated heterocycles. The van der Waals surface area contributed by atoms with Crippen LogP contribution in [0.25, 0.3) is 0 Å². The molecule has 8 heteroatoms. The molecule has 1 heterocycles. The van der Waals surface area contributed by atoms with Crippen molar-refractivity contribution in [1.82, 2.24) is 10.2 Å². The molecule has 0 saturated carbocycles. The third-order valence-electron chi connectivity index (χ3n) is 4.57. The number of aryl methyl sites for hydroxylation is 2. The number of fused-ring (bicyclic) bond motifs is 1. The third kappa shape index (κ3) is 4.48. The summed E-state index contributed by atoms with van der Waals surface area (Å²) in [6.45, 7) is 3.91. The highest BCUT2D eigenvalue weighted by atomic mass is 16.5. The lowest BCUT2D eigenvalue weighted by atomic mass is 10.1. The van der Waals surface area contributed by atoms with Crippen LogP contribution in [0, 0.1) is 13.8 Å². The van der Waals surface area contributed by atoms with Gasteiger partial charge in [0.2, 0.25) is 11.8 Å². The molecule has 29 heavy (non-hydrogen) atoms. The molecule has 0 radical (unpaired) electrons. The monoisotopic (exact) mass is 396 g/mol. The molecule has 3 rings (SSSR count). The Kier molecular flexibility index (Phi) is 5.45. The first-order valence-electron chi connectivity index (χ1n) is 9.15. The number of amides is 3. The fraction of sp³-hybridized carbons (Fsp3) is 0.286. The quantitative estimate of drug-likeness (QED) is 0.686. The van der Waals surface area contributed by atoms with E-state index in [4.69, 9.17) is 10.5 Å². The second kappa shape index (κ2) is 7.83. The fourth-order valence-corrected chi connectivity index (χ4v) is 3.12. The zero-order valence-electron chi connectivity index (χ0n) is 16.8. The lowest BCUT2D eigenvalue weighted by molar-refractivity contribution is -0.131. The molecule has 0 aromatic heterocycles. The van der Waals surface area contributed by atoms with Crippen LogP contribution in [0.4, 0.5) is 11.4 Å². The van der Waals surface area contributed by atoms with Crippen LogP contribution in [0.15, 0.2) is 30.3 Å². The zero-order chi connectivity index (χ0) is 21.3. The number of nitrogens with zero attached hydrogens (tertiary/aromatic N) is 1. The normalized spacial score (nSPS) is 15.7. The van der Waals surface area contributed by atoms with Gasteiger partial charge < -0.3 is 26.0 Å². The highest BCUT2D eigenvalue weighted by Crippen LogP contribution is 2.34. The molecule has 0 fully saturated rings. The predicted octanol–water partition coefficient (Wildman–Crippen LogP) is 2.21. The van der Waals surface area contributed by atoms with Crippen LogP contribution in [-0.4, -0.2) is 42.8 Å². The summed E-state index contributed by atoms with van der Waals surface area (Å²) >= 11 is 0. The molecule has 4 N–H and O–H groups in total. The molecule has 3 amide bonds. The highest BCUT2D eigenvalue weighted by molar-refractivity contribution is 6.11. The Morgan fingerprint density at radius 3 is 2.38 bits per heavy atom. The number of hydrogen-bond acceptors (Lipinski definition) is 5. The van der Waals surface area contributed by atoms with Gasteiger partial charge in [-0.2, -0.15) is 0 Å². The molecule has 1 atom stereocenters. The fourth-order valence-electron chi connectivity index (χ4n) is 3.12. The van der Waals surface area contributed by atoms with Crippen LogP contribution in [0.3, 0.4) is 0 Å². The molecular formula is C21H24N4O4. The smallest absolute Gasteiger partial charge is 0.254 e. The average Bonchev–Trinajstić information content (AvgIpc) is 2.71. The minimum atomic E-state index is -0.977. The number of benzene rings is 2. The molecular weight excluding hydrogens is 372 g/mol. The first-order chi connectivity index (χ1) is 13.6. The number of nitrogens with two attached hydrogens (primary N) is 1. The van der Waals surface area contributed by atoms with Crippen LogP contribution in [-0.2, 0) is 9.59 Å². The van der Waals surface area contributed by atoms with Gasteiger partial charge in [-0.1, -0.05) is 6.07 Å². The summed E-state index contributed by atoms with van der Waals surface area (Å²) in [5.74, 6) is -0.327. The van der Waals surface area contributed by atoms with E-state index in [1.54, 1.807) is 14.1 Å². The molecule has 2 aromatic carbocycles. The van der Waals surface area contributed by atoms with E-state index in [1.165, 1.54) is 17.0 Å². The van der Waals surface area contributed by atoms with Gasteiger partial charge in [0.05, 0.1) is 23.4 Å². The molecule has 0 unspecified atom stereocenters. The van der Waals surface area contributed by atoms with Crippen molar-refractivity contribution < 1.29 is 19.1 Å². The van der Waals surface area contributed by atoms with Gasteiger partial charge in [-0.25, -0.2) is 0 Å². The van der Waals surface area contributed by atoms with Crippen molar-refractivity contribution in [1.29, 1.82) is 0 Å². The van der Waals surface area contributed by atoms with E-state index in [0.717, 1.165) is 11.1 Å². The number of hydrogen-bond donors (Lipinski definition) is 3. The van der Waals surface area contributed by atoms with E-state index in [2.05, 4.69) is 10.6 Å². The Morgan fingerprint density at radius 1 is 1.10 bits per heavy atom. The molecule has 0 bridgehead atoms. The third-order valence-corrected chi connectivity index (χ3v) is 4.57. The SMILES string of the molecule is Cc1cc(C)cc(Oc2cc3c(cc2N)NC(=O)[C@H](CC(=O)N(C)C)NC3=O)c1. The van der Waals surface area contributed by atoms with Crippen LogP contribution < -0.4 is 21.1 Å². The average molecular weight is 396 g/mol. The predicted molar refractivity (Wildman–Crippen MR) is 110 cm³/mol. The van der Waals surface area contributed by atoms with Gasteiger partial charge in [-0.3, -0.25) is 14.4 Å². The van der Waals surface area contributed by atoms with Gasteiger partial charge in [0.15, 0.2) is 5.75 Å². The first-order valence-corrected chi connectivity index (χ1v) is 9.15. The number of carbonyl (C=O) groups excluding carboxylic acids is 3. The molecule has 8 nitrogen and oxygen atoms in total. The summed E-state index contributed by atoms with van der Waals surface area (Å²) in [6.07, 6.45) is -0.139. The summed E-state index contributed by atoms with van der Waals surface area (Å²) in [5, 5.41) is 5.27. The van der Waals surface area contributed by atoms with Crippen molar-refractivity contribution in [2.45, 2.75) is 26.3 Å². The largest absolute Gasteiger partial charge is 0.455 e. The second-order valence-corrected chi connectivity index (χ2v) is 7.37. The van der Waals surface area contributed by atoms with Gasteiger partial charge in [-0.05, 0) is 49.2 Å². The Bertz CT molecular complexity index is 980. The summed E-state index contributed by atoms with van der Waals surface area (Å²) in [7, 11) is 3.18. The van der Waals surface area contributed by atoms with Gasteiger partial charge in [0.25, 0.3) is 5.91 Å². The first kappa shape index (κ1) is 20.2. The molecule has 1 aliphatic rings. The molecule has 2 aromatic rings. The summed E-state index contributed by atoms with van der Waals surface area (Å²) in [6, 6.07) is 7.75. The number of anilines is 2. The van der Waals surface area contributed by atoms with E-state index in [1.807, 2.05) is 32.0 Å². The van der Waals surface area contributed by atoms with Crippen molar-refractivity contribution in [2.24, 2.45) is 0 Å². The second-order valence-electron chi connectivity index (χ2n) is 7.37. The van der Waals surface area contributed by atoms with Gasteiger partial charge in [0, 0.05) is 14.1 Å². The number of carbonyl (C=O) groups is 3. The Morgan fingerprint density at radius 2 is 1.76 bits per heavy atom. The van der Waals surface area contributed by atoms with E-state index in [0.29, 0.717) is 11.5 Å². The van der Waals surface area contributed by atoms with Crippen LogP contribution in [0.1, 0.15) is 27.9 Å². The minimum Gasteiger partial charge on any atom is -0.455 e. The van der Waals surface area contributed by atoms with Crippen LogP contribution in [0.2, 0.25) is 0 Å². The number of ether oxygens (including phenoxy) is 1. The Balaban J connectivity index is 1.90. The van der Waals surface area contributed by atoms with Gasteiger partial charge in [0.1, 0.15) is 11.8 Å². The standard InChI is InChI=1S/C21H24N4O4/c1-11-5-12(2)7-13(6-11)29-18-8-14-16(9-15(18)22)23-21(28)17(24-20(14)27)10-19(26)25(3)4/h5-9,17H,10,22H2,1-4H3,(H,23,28)(H,24,27)/t17-/m0/s1. The van der Waals surface area contributed by atoms with Crippen molar-refractivity contribution in [3.05, 3.63) is 47.0 Å². The highest BCUT2D eigenvalue weighted by Gasteiger charge is 2.31. The van der Waals surface area contributed by atoms with Crippen molar-refractivity contribution in [2.75, 3.05) is 25.1 Å². The maximum absolute atomic E-state index is 12.7. The van der Waals surface area contributed by atoms with E-state index < -0.39 is 17.9 Å². The van der Waals surface area contributed by atoms with E-state index >= 15 is 0 Å². The zero-order valence-corrected chi connectivity index (χ0v) is 16.8. The van der Waals surface area contributed by atoms with Gasteiger partial charge >= 0.3 is 0 Å². The molecule has 0 spiro atoms. The van der Waals surface area contributed by atoms with Crippen LogP contribution in [0.5, 0.6) is 11.5 Å². The molecule has 0 aliphatic carbocycles. The number of rotatable bonds is 4. The topological polar surface area (TPSA) is 114 Å².